The fourth-order valence-corrected chi connectivity index (χ4v) is 3.28. The fourth-order valence-electron chi connectivity index (χ4n) is 3.28. The van der Waals surface area contributed by atoms with Crippen LogP contribution in [0.3, 0.4) is 0 Å². The molecule has 0 radical (unpaired) electrons. The zero-order chi connectivity index (χ0) is 13.1. The Morgan fingerprint density at radius 3 is 2.42 bits per heavy atom. The Balaban J connectivity index is 1.75. The Hall–Kier alpha value is -1.15. The summed E-state index contributed by atoms with van der Waals surface area (Å²) in [5, 5.41) is 0. The largest absolute Gasteiger partial charge is 0.372 e. The lowest BCUT2D eigenvalue weighted by molar-refractivity contribution is 0.0898. The second-order valence-corrected chi connectivity index (χ2v) is 5.88. The van der Waals surface area contributed by atoms with Crippen molar-refractivity contribution < 1.29 is 9.53 Å². The summed E-state index contributed by atoms with van der Waals surface area (Å²) in [5.41, 5.74) is 3.35. The predicted molar refractivity (Wildman–Crippen MR) is 75.1 cm³/mol. The third-order valence-electron chi connectivity index (χ3n) is 4.48. The predicted octanol–water partition coefficient (Wildman–Crippen LogP) is 4.26. The van der Waals surface area contributed by atoms with E-state index in [1.54, 1.807) is 0 Å². The van der Waals surface area contributed by atoms with Gasteiger partial charge in [0.1, 0.15) is 0 Å². The topological polar surface area (TPSA) is 26.3 Å². The van der Waals surface area contributed by atoms with Gasteiger partial charge in [-0.3, -0.25) is 4.79 Å². The number of ketones is 1. The number of hydrogen-bond acceptors (Lipinski definition) is 2. The van der Waals surface area contributed by atoms with Crippen LogP contribution in [-0.4, -0.2) is 5.78 Å². The lowest BCUT2D eigenvalue weighted by Crippen LogP contribution is -2.16. The standard InChI is InChI=1S/C17H22O2/c18-17(13-6-4-2-1-3-5-7-13)14-8-9-15-11-19-12-16(15)10-14/h8-10,13H,1-7,11-12H2. The molecule has 0 amide bonds. The third-order valence-corrected chi connectivity index (χ3v) is 4.48. The van der Waals surface area contributed by atoms with E-state index in [0.717, 1.165) is 18.4 Å². The van der Waals surface area contributed by atoms with Gasteiger partial charge in [0, 0.05) is 11.5 Å². The van der Waals surface area contributed by atoms with Crippen molar-refractivity contribution in [1.82, 2.24) is 0 Å². The van der Waals surface area contributed by atoms with E-state index in [1.165, 1.54) is 43.2 Å². The minimum atomic E-state index is 0.251. The van der Waals surface area contributed by atoms with E-state index in [1.807, 2.05) is 6.07 Å². The summed E-state index contributed by atoms with van der Waals surface area (Å²) in [6.07, 6.45) is 8.51. The van der Waals surface area contributed by atoms with E-state index in [4.69, 9.17) is 4.74 Å². The van der Waals surface area contributed by atoms with Gasteiger partial charge in [0.25, 0.3) is 0 Å². The second kappa shape index (κ2) is 5.87. The maximum atomic E-state index is 12.6. The summed E-state index contributed by atoms with van der Waals surface area (Å²) in [5.74, 6) is 0.609. The first-order chi connectivity index (χ1) is 9.34. The number of carbonyl (C=O) groups is 1. The summed E-state index contributed by atoms with van der Waals surface area (Å²) >= 11 is 0. The molecule has 0 atom stereocenters. The van der Waals surface area contributed by atoms with E-state index in [-0.39, 0.29) is 5.92 Å². The van der Waals surface area contributed by atoms with Crippen LogP contribution < -0.4 is 0 Å². The molecule has 1 saturated carbocycles. The van der Waals surface area contributed by atoms with Crippen LogP contribution in [-0.2, 0) is 18.0 Å². The van der Waals surface area contributed by atoms with Gasteiger partial charge < -0.3 is 4.74 Å². The molecule has 2 heteroatoms. The Kier molecular flexibility index (Phi) is 3.97. The number of benzene rings is 1. The summed E-state index contributed by atoms with van der Waals surface area (Å²) in [7, 11) is 0. The molecule has 1 heterocycles. The van der Waals surface area contributed by atoms with Crippen molar-refractivity contribution in [2.75, 3.05) is 0 Å². The first-order valence-corrected chi connectivity index (χ1v) is 7.58. The number of carbonyl (C=O) groups excluding carboxylic acids is 1. The Morgan fingerprint density at radius 2 is 1.63 bits per heavy atom. The SMILES string of the molecule is O=C(c1ccc2c(c1)COC2)C1CCCCCCC1. The molecule has 0 spiro atoms. The zero-order valence-corrected chi connectivity index (χ0v) is 11.5. The molecule has 102 valence electrons. The van der Waals surface area contributed by atoms with Gasteiger partial charge in [-0.05, 0) is 30.0 Å². The highest BCUT2D eigenvalue weighted by molar-refractivity contribution is 5.98. The van der Waals surface area contributed by atoms with Crippen LogP contribution in [0.4, 0.5) is 0 Å². The number of rotatable bonds is 2. The average Bonchev–Trinajstić information content (AvgIpc) is 2.84. The number of fused-ring (bicyclic) bond motifs is 1. The molecule has 0 unspecified atom stereocenters. The van der Waals surface area contributed by atoms with Crippen molar-refractivity contribution >= 4 is 5.78 Å². The molecule has 2 nitrogen and oxygen atoms in total. The smallest absolute Gasteiger partial charge is 0.165 e. The molecular formula is C17H22O2. The molecule has 1 aliphatic carbocycles. The third kappa shape index (κ3) is 2.89. The molecule has 0 aromatic heterocycles. The average molecular weight is 258 g/mol. The molecule has 0 N–H and O–H groups in total. The van der Waals surface area contributed by atoms with Gasteiger partial charge in [-0.15, -0.1) is 0 Å². The molecule has 2 aliphatic rings. The molecule has 1 aromatic carbocycles. The van der Waals surface area contributed by atoms with Crippen LogP contribution in [0.25, 0.3) is 0 Å². The monoisotopic (exact) mass is 258 g/mol. The molecule has 1 aromatic rings. The first-order valence-electron chi connectivity index (χ1n) is 7.58. The molecule has 19 heavy (non-hydrogen) atoms. The van der Waals surface area contributed by atoms with Gasteiger partial charge in [0.05, 0.1) is 13.2 Å². The Morgan fingerprint density at radius 1 is 0.947 bits per heavy atom. The lowest BCUT2D eigenvalue weighted by atomic mass is 9.85. The molecular weight excluding hydrogens is 236 g/mol. The van der Waals surface area contributed by atoms with Gasteiger partial charge in [-0.25, -0.2) is 0 Å². The highest BCUT2D eigenvalue weighted by atomic mass is 16.5. The van der Waals surface area contributed by atoms with Crippen molar-refractivity contribution in [1.29, 1.82) is 0 Å². The number of Topliss-reactive ketones (excluding diaryl/α,β-unsaturated/α-hetero) is 1. The van der Waals surface area contributed by atoms with Gasteiger partial charge in [0.15, 0.2) is 5.78 Å². The van der Waals surface area contributed by atoms with Crippen molar-refractivity contribution in [3.05, 3.63) is 34.9 Å². The molecule has 1 aliphatic heterocycles. The van der Waals surface area contributed by atoms with E-state index < -0.39 is 0 Å². The Bertz CT molecular complexity index is 456. The summed E-state index contributed by atoms with van der Waals surface area (Å²) in [6, 6.07) is 6.12. The maximum absolute atomic E-state index is 12.6. The van der Waals surface area contributed by atoms with Crippen LogP contribution in [0.5, 0.6) is 0 Å². The van der Waals surface area contributed by atoms with E-state index in [9.17, 15) is 4.79 Å². The van der Waals surface area contributed by atoms with Crippen LogP contribution >= 0.6 is 0 Å². The summed E-state index contributed by atoms with van der Waals surface area (Å²) < 4.78 is 5.42. The van der Waals surface area contributed by atoms with Crippen molar-refractivity contribution in [2.24, 2.45) is 5.92 Å². The molecule has 1 fully saturated rings. The molecule has 0 bridgehead atoms. The quantitative estimate of drug-likeness (QED) is 0.741. The van der Waals surface area contributed by atoms with E-state index in [2.05, 4.69) is 12.1 Å². The van der Waals surface area contributed by atoms with Gasteiger partial charge in [-0.2, -0.15) is 0 Å². The van der Waals surface area contributed by atoms with Crippen LogP contribution in [0.15, 0.2) is 18.2 Å². The van der Waals surface area contributed by atoms with E-state index in [0.29, 0.717) is 19.0 Å². The van der Waals surface area contributed by atoms with Crippen LogP contribution in [0.1, 0.15) is 66.4 Å². The lowest BCUT2D eigenvalue weighted by Gasteiger charge is -2.18. The zero-order valence-electron chi connectivity index (χ0n) is 11.5. The minimum Gasteiger partial charge on any atom is -0.372 e. The normalized spacial score (nSPS) is 20.6. The highest BCUT2D eigenvalue weighted by Crippen LogP contribution is 2.27. The van der Waals surface area contributed by atoms with Gasteiger partial charge in [-0.1, -0.05) is 44.2 Å². The Labute approximate surface area is 115 Å². The molecule has 3 rings (SSSR count). The highest BCUT2D eigenvalue weighted by Gasteiger charge is 2.22. The summed E-state index contributed by atoms with van der Waals surface area (Å²) in [4.78, 5) is 12.6. The van der Waals surface area contributed by atoms with Crippen molar-refractivity contribution in [3.63, 3.8) is 0 Å². The van der Waals surface area contributed by atoms with Crippen LogP contribution in [0.2, 0.25) is 0 Å². The summed E-state index contributed by atoms with van der Waals surface area (Å²) in [6.45, 7) is 1.37. The van der Waals surface area contributed by atoms with Gasteiger partial charge >= 0.3 is 0 Å². The van der Waals surface area contributed by atoms with Crippen molar-refractivity contribution in [3.8, 4) is 0 Å². The van der Waals surface area contributed by atoms with Crippen molar-refractivity contribution in [2.45, 2.75) is 58.2 Å². The fraction of sp³-hybridized carbons (Fsp3) is 0.588. The number of hydrogen-bond donors (Lipinski definition) is 0. The second-order valence-electron chi connectivity index (χ2n) is 5.88. The minimum absolute atomic E-state index is 0.251. The number of ether oxygens (including phenoxy) is 1. The van der Waals surface area contributed by atoms with Crippen LogP contribution in [0, 0.1) is 5.92 Å². The maximum Gasteiger partial charge on any atom is 0.165 e. The first kappa shape index (κ1) is 12.9. The molecule has 0 saturated heterocycles. The van der Waals surface area contributed by atoms with E-state index >= 15 is 0 Å². The van der Waals surface area contributed by atoms with Gasteiger partial charge in [0.2, 0.25) is 0 Å².